The Morgan fingerprint density at radius 3 is 2.80 bits per heavy atom. The number of benzene rings is 1. The van der Waals surface area contributed by atoms with Crippen LogP contribution in [0.4, 0.5) is 4.39 Å². The number of carbonyl (C=O) groups is 1. The molecule has 1 aliphatic rings. The first-order valence-corrected chi connectivity index (χ1v) is 7.10. The highest BCUT2D eigenvalue weighted by atomic mass is 19.1. The molecule has 110 valence electrons. The molecule has 1 aromatic carbocycles. The lowest BCUT2D eigenvalue weighted by Gasteiger charge is -2.25. The molecule has 20 heavy (non-hydrogen) atoms. The minimum Gasteiger partial charge on any atom is -0.341 e. The van der Waals surface area contributed by atoms with Crippen LogP contribution < -0.4 is 5.73 Å². The number of nitrogens with zero attached hydrogens (tertiary/aromatic N) is 1. The summed E-state index contributed by atoms with van der Waals surface area (Å²) in [5.41, 5.74) is 6.71. The molecule has 0 bridgehead atoms. The molecule has 1 saturated heterocycles. The van der Waals surface area contributed by atoms with Crippen molar-refractivity contribution in [3.05, 3.63) is 35.1 Å². The van der Waals surface area contributed by atoms with E-state index in [1.54, 1.807) is 26.8 Å². The Kier molecular flexibility index (Phi) is 4.14. The number of hydrogen-bond acceptors (Lipinski definition) is 2. The lowest BCUT2D eigenvalue weighted by molar-refractivity contribution is -0.134. The van der Waals surface area contributed by atoms with Gasteiger partial charge in [0.25, 0.3) is 0 Å². The van der Waals surface area contributed by atoms with Gasteiger partial charge in [-0.25, -0.2) is 4.39 Å². The van der Waals surface area contributed by atoms with E-state index in [2.05, 4.69) is 0 Å². The van der Waals surface area contributed by atoms with E-state index in [9.17, 15) is 9.18 Å². The highest BCUT2D eigenvalue weighted by Gasteiger charge is 2.33. The fourth-order valence-electron chi connectivity index (χ4n) is 2.69. The second kappa shape index (κ2) is 5.52. The summed E-state index contributed by atoms with van der Waals surface area (Å²) in [5.74, 6) is 0.231. The summed E-state index contributed by atoms with van der Waals surface area (Å²) in [6.07, 6.45) is 1.77. The molecule has 1 heterocycles. The second-order valence-corrected chi connectivity index (χ2v) is 6.42. The van der Waals surface area contributed by atoms with Crippen LogP contribution in [-0.4, -0.2) is 29.4 Å². The number of hydrogen-bond donors (Lipinski definition) is 1. The van der Waals surface area contributed by atoms with Gasteiger partial charge in [0, 0.05) is 13.1 Å². The van der Waals surface area contributed by atoms with Gasteiger partial charge in [-0.3, -0.25) is 4.79 Å². The fraction of sp³-hybridized carbons (Fsp3) is 0.562. The van der Waals surface area contributed by atoms with Gasteiger partial charge in [0.1, 0.15) is 5.82 Å². The van der Waals surface area contributed by atoms with Gasteiger partial charge in [0.05, 0.1) is 5.54 Å². The molecule has 4 heteroatoms. The molecule has 1 amide bonds. The summed E-state index contributed by atoms with van der Waals surface area (Å²) in [5, 5.41) is 0. The number of rotatable bonds is 3. The number of nitrogens with two attached hydrogens (primary N) is 1. The molecule has 0 radical (unpaired) electrons. The molecule has 0 saturated carbocycles. The monoisotopic (exact) mass is 278 g/mol. The van der Waals surface area contributed by atoms with Crippen LogP contribution in [0.25, 0.3) is 0 Å². The predicted molar refractivity (Wildman–Crippen MR) is 77.8 cm³/mol. The zero-order chi connectivity index (χ0) is 14.9. The van der Waals surface area contributed by atoms with E-state index in [1.807, 2.05) is 17.0 Å². The first kappa shape index (κ1) is 15.0. The van der Waals surface area contributed by atoms with E-state index < -0.39 is 5.54 Å². The summed E-state index contributed by atoms with van der Waals surface area (Å²) in [4.78, 5) is 13.9. The smallest absolute Gasteiger partial charge is 0.242 e. The molecule has 1 unspecified atom stereocenters. The van der Waals surface area contributed by atoms with Crippen LogP contribution in [0.1, 0.15) is 31.4 Å². The molecule has 1 atom stereocenters. The van der Waals surface area contributed by atoms with E-state index in [-0.39, 0.29) is 11.7 Å². The van der Waals surface area contributed by atoms with Crippen LogP contribution in [-0.2, 0) is 11.2 Å². The van der Waals surface area contributed by atoms with Gasteiger partial charge in [0.15, 0.2) is 0 Å². The average Bonchev–Trinajstić information content (AvgIpc) is 2.80. The first-order valence-electron chi connectivity index (χ1n) is 7.10. The van der Waals surface area contributed by atoms with Crippen molar-refractivity contribution in [1.29, 1.82) is 0 Å². The quantitative estimate of drug-likeness (QED) is 0.922. The van der Waals surface area contributed by atoms with Crippen molar-refractivity contribution in [2.45, 2.75) is 39.2 Å². The van der Waals surface area contributed by atoms with Crippen LogP contribution in [0.15, 0.2) is 18.2 Å². The van der Waals surface area contributed by atoms with Crippen molar-refractivity contribution in [3.8, 4) is 0 Å². The Hall–Kier alpha value is -1.42. The molecule has 1 aromatic rings. The van der Waals surface area contributed by atoms with Gasteiger partial charge in [-0.1, -0.05) is 12.1 Å². The zero-order valence-corrected chi connectivity index (χ0v) is 12.4. The Morgan fingerprint density at radius 1 is 1.50 bits per heavy atom. The Labute approximate surface area is 120 Å². The highest BCUT2D eigenvalue weighted by molar-refractivity contribution is 5.85. The van der Waals surface area contributed by atoms with Crippen LogP contribution >= 0.6 is 0 Å². The third kappa shape index (κ3) is 3.37. The average molecular weight is 278 g/mol. The van der Waals surface area contributed by atoms with Crippen LogP contribution in [0, 0.1) is 18.7 Å². The van der Waals surface area contributed by atoms with E-state index in [4.69, 9.17) is 5.73 Å². The van der Waals surface area contributed by atoms with Gasteiger partial charge in [-0.2, -0.15) is 0 Å². The molecule has 0 spiro atoms. The third-order valence-electron chi connectivity index (χ3n) is 3.88. The molecule has 2 N–H and O–H groups in total. The maximum absolute atomic E-state index is 13.5. The topological polar surface area (TPSA) is 46.3 Å². The second-order valence-electron chi connectivity index (χ2n) is 6.42. The lowest BCUT2D eigenvalue weighted by Crippen LogP contribution is -2.50. The molecular formula is C16H23FN2O. The number of likely N-dealkylation sites (tertiary alicyclic amines) is 1. The van der Waals surface area contributed by atoms with E-state index in [0.717, 1.165) is 31.5 Å². The van der Waals surface area contributed by atoms with E-state index in [0.29, 0.717) is 11.5 Å². The molecule has 3 nitrogen and oxygen atoms in total. The van der Waals surface area contributed by atoms with E-state index in [1.165, 1.54) is 0 Å². The summed E-state index contributed by atoms with van der Waals surface area (Å²) >= 11 is 0. The van der Waals surface area contributed by atoms with Crippen molar-refractivity contribution in [1.82, 2.24) is 4.90 Å². The Morgan fingerprint density at radius 2 is 2.20 bits per heavy atom. The summed E-state index contributed by atoms with van der Waals surface area (Å²) < 4.78 is 13.5. The zero-order valence-electron chi connectivity index (χ0n) is 12.4. The van der Waals surface area contributed by atoms with Gasteiger partial charge >= 0.3 is 0 Å². The van der Waals surface area contributed by atoms with Gasteiger partial charge in [-0.05, 0) is 56.7 Å². The van der Waals surface area contributed by atoms with Crippen molar-refractivity contribution < 1.29 is 9.18 Å². The Balaban J connectivity index is 1.96. The van der Waals surface area contributed by atoms with Crippen molar-refractivity contribution in [2.75, 3.05) is 13.1 Å². The maximum atomic E-state index is 13.5. The molecular weight excluding hydrogens is 255 g/mol. The van der Waals surface area contributed by atoms with Gasteiger partial charge in [-0.15, -0.1) is 0 Å². The minimum atomic E-state index is -0.815. The molecule has 2 rings (SSSR count). The number of aryl methyl sites for hydroxylation is 1. The van der Waals surface area contributed by atoms with Crippen molar-refractivity contribution in [3.63, 3.8) is 0 Å². The van der Waals surface area contributed by atoms with Crippen LogP contribution in [0.3, 0.4) is 0 Å². The lowest BCUT2D eigenvalue weighted by atomic mass is 9.98. The van der Waals surface area contributed by atoms with Crippen LogP contribution in [0.2, 0.25) is 0 Å². The Bertz CT molecular complexity index is 508. The van der Waals surface area contributed by atoms with Gasteiger partial charge in [0.2, 0.25) is 5.91 Å². The SMILES string of the molecule is Cc1ccc(CC2CCN(C(=O)C(C)(C)N)C2)cc1F. The normalized spacial score (nSPS) is 19.4. The summed E-state index contributed by atoms with van der Waals surface area (Å²) in [6.45, 7) is 6.70. The summed E-state index contributed by atoms with van der Waals surface area (Å²) in [7, 11) is 0. The number of carbonyl (C=O) groups excluding carboxylic acids is 1. The van der Waals surface area contributed by atoms with Gasteiger partial charge < -0.3 is 10.6 Å². The van der Waals surface area contributed by atoms with Crippen LogP contribution in [0.5, 0.6) is 0 Å². The molecule has 0 aromatic heterocycles. The fourth-order valence-corrected chi connectivity index (χ4v) is 2.69. The predicted octanol–water partition coefficient (Wildman–Crippen LogP) is 2.26. The standard InChI is InChI=1S/C16H23FN2O/c1-11-4-5-12(9-14(11)17)8-13-6-7-19(10-13)15(20)16(2,3)18/h4-5,9,13H,6-8,10,18H2,1-3H3. The molecule has 1 fully saturated rings. The third-order valence-corrected chi connectivity index (χ3v) is 3.88. The molecule has 0 aliphatic carbocycles. The number of halogens is 1. The van der Waals surface area contributed by atoms with E-state index >= 15 is 0 Å². The van der Waals surface area contributed by atoms with Crippen molar-refractivity contribution >= 4 is 5.91 Å². The first-order chi connectivity index (χ1) is 9.27. The summed E-state index contributed by atoms with van der Waals surface area (Å²) in [6, 6.07) is 5.38. The maximum Gasteiger partial charge on any atom is 0.242 e. The molecule has 1 aliphatic heterocycles. The minimum absolute atomic E-state index is 0.00455. The number of amides is 1. The largest absolute Gasteiger partial charge is 0.341 e. The van der Waals surface area contributed by atoms with Crippen molar-refractivity contribution in [2.24, 2.45) is 11.7 Å². The highest BCUT2D eigenvalue weighted by Crippen LogP contribution is 2.23.